The predicted molar refractivity (Wildman–Crippen MR) is 76.3 cm³/mol. The highest BCUT2D eigenvalue weighted by Crippen LogP contribution is 2.37. The number of hydrogen-bond acceptors (Lipinski definition) is 3. The molecule has 0 aromatic carbocycles. The Morgan fingerprint density at radius 1 is 1.33 bits per heavy atom. The number of halogens is 1. The molecule has 1 saturated carbocycles. The quantitative estimate of drug-likeness (QED) is 0.843. The van der Waals surface area contributed by atoms with Gasteiger partial charge in [0.2, 0.25) is 0 Å². The van der Waals surface area contributed by atoms with Crippen LogP contribution in [0.15, 0.2) is 0 Å². The first kappa shape index (κ1) is 13.6. The smallest absolute Gasteiger partial charge is 0.137 e. The first-order valence-electron chi connectivity index (χ1n) is 6.64. The van der Waals surface area contributed by atoms with Crippen molar-refractivity contribution in [1.29, 1.82) is 0 Å². The molecule has 2 atom stereocenters. The molecule has 0 spiro atoms. The van der Waals surface area contributed by atoms with Crippen LogP contribution in [-0.2, 0) is 5.41 Å². The molecule has 1 aliphatic rings. The van der Waals surface area contributed by atoms with Crippen LogP contribution < -0.4 is 5.32 Å². The van der Waals surface area contributed by atoms with Crippen molar-refractivity contribution in [1.82, 2.24) is 9.97 Å². The number of aromatic nitrogens is 2. The van der Waals surface area contributed by atoms with Crippen molar-refractivity contribution in [3.05, 3.63) is 16.5 Å². The summed E-state index contributed by atoms with van der Waals surface area (Å²) in [4.78, 5) is 9.03. The van der Waals surface area contributed by atoms with Crippen molar-refractivity contribution in [3.63, 3.8) is 0 Å². The molecule has 4 heteroatoms. The van der Waals surface area contributed by atoms with Gasteiger partial charge in [0.05, 0.1) is 0 Å². The predicted octanol–water partition coefficient (Wildman–Crippen LogP) is 3.95. The summed E-state index contributed by atoms with van der Waals surface area (Å²) in [6.45, 7) is 10.5. The first-order valence-corrected chi connectivity index (χ1v) is 7.02. The number of nitrogens with zero attached hydrogens (tertiary/aromatic N) is 2. The van der Waals surface area contributed by atoms with Crippen LogP contribution in [0.3, 0.4) is 0 Å². The van der Waals surface area contributed by atoms with Crippen LogP contribution in [0.25, 0.3) is 0 Å². The number of hydrogen-bond donors (Lipinski definition) is 1. The highest BCUT2D eigenvalue weighted by molar-refractivity contribution is 6.30. The molecule has 2 rings (SSSR count). The Kier molecular flexibility index (Phi) is 3.54. The average Bonchev–Trinajstić information content (AvgIpc) is 3.01. The van der Waals surface area contributed by atoms with E-state index in [1.165, 1.54) is 12.8 Å². The van der Waals surface area contributed by atoms with Crippen LogP contribution in [0.2, 0.25) is 5.15 Å². The standard InChI is InChI=1S/C14H22ClN3/c1-6-9-7-10(9)16-12-8(2)11(15)17-13(18-12)14(3,4)5/h9-10H,6-7H2,1-5H3,(H,16,17,18). The zero-order valence-corrected chi connectivity index (χ0v) is 12.6. The maximum Gasteiger partial charge on any atom is 0.137 e. The SMILES string of the molecule is CCC1CC1Nc1nc(C(C)(C)C)nc(Cl)c1C. The van der Waals surface area contributed by atoms with E-state index in [0.29, 0.717) is 11.2 Å². The number of anilines is 1. The van der Waals surface area contributed by atoms with E-state index in [1.54, 1.807) is 0 Å². The zero-order chi connectivity index (χ0) is 13.5. The summed E-state index contributed by atoms with van der Waals surface area (Å²) >= 11 is 6.21. The molecule has 3 nitrogen and oxygen atoms in total. The van der Waals surface area contributed by atoms with Crippen LogP contribution in [0.1, 0.15) is 51.9 Å². The summed E-state index contributed by atoms with van der Waals surface area (Å²) in [6, 6.07) is 0.562. The van der Waals surface area contributed by atoms with Crippen molar-refractivity contribution in [2.45, 2.75) is 58.9 Å². The van der Waals surface area contributed by atoms with E-state index in [0.717, 1.165) is 23.1 Å². The van der Waals surface area contributed by atoms with Gasteiger partial charge in [0.1, 0.15) is 16.8 Å². The molecule has 1 aromatic rings. The topological polar surface area (TPSA) is 37.8 Å². The van der Waals surface area contributed by atoms with Gasteiger partial charge in [-0.15, -0.1) is 0 Å². The fourth-order valence-electron chi connectivity index (χ4n) is 2.02. The Hall–Kier alpha value is -0.830. The molecule has 1 aliphatic carbocycles. The second kappa shape index (κ2) is 4.69. The van der Waals surface area contributed by atoms with Crippen molar-refractivity contribution in [2.75, 3.05) is 5.32 Å². The second-order valence-electron chi connectivity index (χ2n) is 6.22. The van der Waals surface area contributed by atoms with E-state index in [4.69, 9.17) is 11.6 Å². The normalized spacial score (nSPS) is 23.0. The van der Waals surface area contributed by atoms with Crippen LogP contribution in [0, 0.1) is 12.8 Å². The molecule has 1 N–H and O–H groups in total. The summed E-state index contributed by atoms with van der Waals surface area (Å²) in [5.41, 5.74) is 0.869. The molecule has 1 fully saturated rings. The van der Waals surface area contributed by atoms with Gasteiger partial charge in [-0.2, -0.15) is 0 Å². The number of nitrogens with one attached hydrogen (secondary N) is 1. The minimum atomic E-state index is -0.0819. The molecular weight excluding hydrogens is 246 g/mol. The lowest BCUT2D eigenvalue weighted by molar-refractivity contribution is 0.545. The third-order valence-electron chi connectivity index (χ3n) is 3.53. The van der Waals surface area contributed by atoms with E-state index in [2.05, 4.69) is 43.0 Å². The minimum Gasteiger partial charge on any atom is -0.367 e. The van der Waals surface area contributed by atoms with Gasteiger partial charge in [-0.1, -0.05) is 45.7 Å². The first-order chi connectivity index (χ1) is 8.32. The van der Waals surface area contributed by atoms with Gasteiger partial charge in [0.15, 0.2) is 0 Å². The van der Waals surface area contributed by atoms with E-state index in [1.807, 2.05) is 6.92 Å². The molecule has 1 heterocycles. The van der Waals surface area contributed by atoms with E-state index < -0.39 is 0 Å². The van der Waals surface area contributed by atoms with Crippen LogP contribution in [-0.4, -0.2) is 16.0 Å². The lowest BCUT2D eigenvalue weighted by atomic mass is 9.95. The monoisotopic (exact) mass is 267 g/mol. The highest BCUT2D eigenvalue weighted by Gasteiger charge is 2.36. The largest absolute Gasteiger partial charge is 0.367 e. The summed E-state index contributed by atoms with van der Waals surface area (Å²) in [7, 11) is 0. The molecule has 0 aliphatic heterocycles. The molecule has 0 bridgehead atoms. The Morgan fingerprint density at radius 2 is 2.00 bits per heavy atom. The summed E-state index contributed by atoms with van der Waals surface area (Å²) in [6.07, 6.45) is 2.46. The third-order valence-corrected chi connectivity index (χ3v) is 3.89. The van der Waals surface area contributed by atoms with Crippen molar-refractivity contribution in [3.8, 4) is 0 Å². The van der Waals surface area contributed by atoms with Crippen LogP contribution in [0.5, 0.6) is 0 Å². The summed E-state index contributed by atoms with van der Waals surface area (Å²) in [5.74, 6) is 2.49. The van der Waals surface area contributed by atoms with Crippen molar-refractivity contribution in [2.24, 2.45) is 5.92 Å². The fraction of sp³-hybridized carbons (Fsp3) is 0.714. The van der Waals surface area contributed by atoms with Gasteiger partial charge in [-0.3, -0.25) is 0 Å². The Morgan fingerprint density at radius 3 is 2.50 bits per heavy atom. The van der Waals surface area contributed by atoms with Gasteiger partial charge in [0, 0.05) is 17.0 Å². The minimum absolute atomic E-state index is 0.0819. The second-order valence-corrected chi connectivity index (χ2v) is 6.57. The lowest BCUT2D eigenvalue weighted by Gasteiger charge is -2.19. The van der Waals surface area contributed by atoms with Gasteiger partial charge in [-0.05, 0) is 19.3 Å². The van der Waals surface area contributed by atoms with Gasteiger partial charge in [-0.25, -0.2) is 9.97 Å². The van der Waals surface area contributed by atoms with Gasteiger partial charge < -0.3 is 5.32 Å². The Bertz CT molecular complexity index is 451. The fourth-order valence-corrected chi connectivity index (χ4v) is 2.19. The van der Waals surface area contributed by atoms with E-state index in [9.17, 15) is 0 Å². The molecule has 0 saturated heterocycles. The van der Waals surface area contributed by atoms with Crippen LogP contribution >= 0.6 is 11.6 Å². The van der Waals surface area contributed by atoms with E-state index >= 15 is 0 Å². The molecule has 100 valence electrons. The molecule has 0 radical (unpaired) electrons. The Labute approximate surface area is 114 Å². The highest BCUT2D eigenvalue weighted by atomic mass is 35.5. The third kappa shape index (κ3) is 2.77. The van der Waals surface area contributed by atoms with E-state index in [-0.39, 0.29) is 5.41 Å². The van der Waals surface area contributed by atoms with Crippen molar-refractivity contribution >= 4 is 17.4 Å². The average molecular weight is 268 g/mol. The summed E-state index contributed by atoms with van der Waals surface area (Å²) < 4.78 is 0. The van der Waals surface area contributed by atoms with Gasteiger partial charge >= 0.3 is 0 Å². The lowest BCUT2D eigenvalue weighted by Crippen LogP contribution is -2.19. The molecular formula is C14H22ClN3. The summed E-state index contributed by atoms with van der Waals surface area (Å²) in [5, 5.41) is 4.06. The zero-order valence-electron chi connectivity index (χ0n) is 11.8. The maximum atomic E-state index is 6.21. The Balaban J connectivity index is 2.26. The maximum absolute atomic E-state index is 6.21. The van der Waals surface area contributed by atoms with Crippen LogP contribution in [0.4, 0.5) is 5.82 Å². The molecule has 0 amide bonds. The van der Waals surface area contributed by atoms with Crippen molar-refractivity contribution < 1.29 is 0 Å². The number of rotatable bonds is 3. The molecule has 18 heavy (non-hydrogen) atoms. The molecule has 1 aromatic heterocycles. The molecule has 2 unspecified atom stereocenters. The van der Waals surface area contributed by atoms with Gasteiger partial charge in [0.25, 0.3) is 0 Å².